The summed E-state index contributed by atoms with van der Waals surface area (Å²) in [5, 5.41) is 21.6. The summed E-state index contributed by atoms with van der Waals surface area (Å²) in [4.78, 5) is 46.2. The Morgan fingerprint density at radius 1 is 1.12 bits per heavy atom. The highest BCUT2D eigenvalue weighted by atomic mass is 16.4. The number of anilines is 1. The number of nitrogens with zero attached hydrogens (tertiary/aromatic N) is 6. The van der Waals surface area contributed by atoms with Crippen LogP contribution in [0.2, 0.25) is 0 Å². The third-order valence-electron chi connectivity index (χ3n) is 5.19. The van der Waals surface area contributed by atoms with Crippen molar-refractivity contribution in [3.63, 3.8) is 0 Å². The zero-order valence-electron chi connectivity index (χ0n) is 18.6. The molecule has 172 valence electrons. The Hall–Kier alpha value is -4.00. The number of nitriles is 1. The first-order valence-electron chi connectivity index (χ1n) is 10.8. The Kier molecular flexibility index (Phi) is 7.56. The van der Waals surface area contributed by atoms with E-state index in [1.54, 1.807) is 35.3 Å². The normalized spacial score (nSPS) is 12.6. The molecule has 1 aliphatic rings. The lowest BCUT2D eigenvalue weighted by molar-refractivity contribution is 0.0651. The summed E-state index contributed by atoms with van der Waals surface area (Å²) in [5.74, 6) is -0.136. The quantitative estimate of drug-likeness (QED) is 0.332. The molecule has 3 amide bonds. The lowest BCUT2D eigenvalue weighted by Gasteiger charge is -2.34. The highest BCUT2D eigenvalue weighted by molar-refractivity contribution is 6.21. The number of imide groups is 1. The van der Waals surface area contributed by atoms with E-state index in [2.05, 4.69) is 9.97 Å². The minimum Gasteiger partial charge on any atom is -0.464 e. The minimum atomic E-state index is -1.13. The third kappa shape index (κ3) is 5.44. The Bertz CT molecular complexity index is 1050. The van der Waals surface area contributed by atoms with Crippen molar-refractivity contribution in [3.8, 4) is 6.07 Å². The van der Waals surface area contributed by atoms with Gasteiger partial charge in [-0.25, -0.2) is 14.8 Å². The SMILES string of the molecule is CC(C)CN(c1ccnc(C#N)n1)N(CCCCCN1C(=O)c2ccccc2C1=O)C(=O)O. The van der Waals surface area contributed by atoms with Crippen LogP contribution in [0.25, 0.3) is 0 Å². The van der Waals surface area contributed by atoms with Crippen molar-refractivity contribution in [1.29, 1.82) is 5.26 Å². The smallest absolute Gasteiger partial charge is 0.426 e. The van der Waals surface area contributed by atoms with Gasteiger partial charge < -0.3 is 5.11 Å². The number of carboxylic acid groups (broad SMARTS) is 1. The number of rotatable bonds is 10. The van der Waals surface area contributed by atoms with Crippen molar-refractivity contribution >= 4 is 23.7 Å². The molecular weight excluding hydrogens is 424 g/mol. The van der Waals surface area contributed by atoms with Gasteiger partial charge in [-0.1, -0.05) is 26.0 Å². The van der Waals surface area contributed by atoms with Gasteiger partial charge in [-0.3, -0.25) is 19.5 Å². The number of amides is 3. The van der Waals surface area contributed by atoms with Gasteiger partial charge in [-0.15, -0.1) is 0 Å². The van der Waals surface area contributed by atoms with Crippen LogP contribution in [0.5, 0.6) is 0 Å². The third-order valence-corrected chi connectivity index (χ3v) is 5.19. The number of hydrogen-bond acceptors (Lipinski definition) is 7. The summed E-state index contributed by atoms with van der Waals surface area (Å²) in [6, 6.07) is 10.2. The molecule has 2 heterocycles. The van der Waals surface area contributed by atoms with Crippen LogP contribution in [0.3, 0.4) is 0 Å². The Morgan fingerprint density at radius 3 is 2.36 bits per heavy atom. The largest absolute Gasteiger partial charge is 0.464 e. The summed E-state index contributed by atoms with van der Waals surface area (Å²) in [6.45, 7) is 4.80. The van der Waals surface area contributed by atoms with Crippen LogP contribution in [0.4, 0.5) is 10.6 Å². The molecule has 0 saturated carbocycles. The van der Waals surface area contributed by atoms with Gasteiger partial charge in [0.05, 0.1) is 11.1 Å². The molecular formula is C23H26N6O4. The number of unbranched alkanes of at least 4 members (excludes halogenated alkanes) is 2. The molecule has 0 bridgehead atoms. The molecule has 0 unspecified atom stereocenters. The molecule has 0 radical (unpaired) electrons. The molecule has 0 atom stereocenters. The molecule has 33 heavy (non-hydrogen) atoms. The Labute approximate surface area is 192 Å². The number of fused-ring (bicyclic) bond motifs is 1. The van der Waals surface area contributed by atoms with Gasteiger partial charge in [0.25, 0.3) is 11.8 Å². The van der Waals surface area contributed by atoms with Crippen molar-refractivity contribution in [2.24, 2.45) is 5.92 Å². The van der Waals surface area contributed by atoms with Gasteiger partial charge in [0, 0.05) is 31.9 Å². The van der Waals surface area contributed by atoms with Gasteiger partial charge >= 0.3 is 6.09 Å². The average Bonchev–Trinajstić information content (AvgIpc) is 3.04. The molecule has 0 fully saturated rings. The Balaban J connectivity index is 1.59. The average molecular weight is 450 g/mol. The lowest BCUT2D eigenvalue weighted by atomic mass is 10.1. The van der Waals surface area contributed by atoms with E-state index in [-0.39, 0.29) is 36.6 Å². The van der Waals surface area contributed by atoms with E-state index in [1.165, 1.54) is 16.1 Å². The maximum absolute atomic E-state index is 12.4. The van der Waals surface area contributed by atoms with E-state index in [0.29, 0.717) is 42.8 Å². The molecule has 0 aliphatic carbocycles. The number of benzene rings is 1. The van der Waals surface area contributed by atoms with Crippen molar-refractivity contribution in [2.45, 2.75) is 33.1 Å². The first-order chi connectivity index (χ1) is 15.8. The van der Waals surface area contributed by atoms with E-state index in [0.717, 1.165) is 0 Å². The number of hydrogen-bond donors (Lipinski definition) is 1. The number of aromatic nitrogens is 2. The second-order valence-corrected chi connectivity index (χ2v) is 8.10. The zero-order valence-corrected chi connectivity index (χ0v) is 18.6. The van der Waals surface area contributed by atoms with Gasteiger partial charge in [-0.05, 0) is 37.3 Å². The second-order valence-electron chi connectivity index (χ2n) is 8.10. The first-order valence-corrected chi connectivity index (χ1v) is 10.8. The number of carbonyl (C=O) groups excluding carboxylic acids is 2. The molecule has 1 N–H and O–H groups in total. The monoisotopic (exact) mass is 450 g/mol. The standard InChI is InChI=1S/C23H26N6O4/c1-16(2)15-29(20-10-11-25-19(14-24)26-20)28(23(32)33)13-7-3-6-12-27-21(30)17-8-4-5-9-18(17)22(27)31/h4-5,8-11,16H,3,6-7,12-13,15H2,1-2H3,(H,32,33). The van der Waals surface area contributed by atoms with E-state index < -0.39 is 6.09 Å². The van der Waals surface area contributed by atoms with Gasteiger partial charge in [0.15, 0.2) is 5.82 Å². The van der Waals surface area contributed by atoms with Crippen molar-refractivity contribution in [1.82, 2.24) is 19.9 Å². The van der Waals surface area contributed by atoms with E-state index in [9.17, 15) is 19.5 Å². The molecule has 0 spiro atoms. The fraction of sp³-hybridized carbons (Fsp3) is 0.391. The van der Waals surface area contributed by atoms with Crippen LogP contribution in [0.15, 0.2) is 36.5 Å². The first kappa shape index (κ1) is 23.7. The van der Waals surface area contributed by atoms with Gasteiger partial charge in [0.1, 0.15) is 6.07 Å². The molecule has 1 aliphatic heterocycles. The van der Waals surface area contributed by atoms with Crippen LogP contribution in [0.1, 0.15) is 59.7 Å². The van der Waals surface area contributed by atoms with Crippen molar-refractivity contribution in [3.05, 3.63) is 53.5 Å². The maximum Gasteiger partial charge on any atom is 0.426 e. The highest BCUT2D eigenvalue weighted by Gasteiger charge is 2.34. The van der Waals surface area contributed by atoms with E-state index in [4.69, 9.17) is 5.26 Å². The predicted molar refractivity (Wildman–Crippen MR) is 119 cm³/mol. The molecule has 1 aromatic heterocycles. The fourth-order valence-corrected chi connectivity index (χ4v) is 3.68. The van der Waals surface area contributed by atoms with Crippen LogP contribution in [0, 0.1) is 17.2 Å². The van der Waals surface area contributed by atoms with E-state index >= 15 is 0 Å². The number of hydrazine groups is 1. The zero-order chi connectivity index (χ0) is 24.0. The Morgan fingerprint density at radius 2 is 1.79 bits per heavy atom. The second kappa shape index (κ2) is 10.5. The van der Waals surface area contributed by atoms with Gasteiger partial charge in [0.2, 0.25) is 5.82 Å². The minimum absolute atomic E-state index is 0.0347. The van der Waals surface area contributed by atoms with Crippen LogP contribution in [-0.2, 0) is 0 Å². The summed E-state index contributed by atoms with van der Waals surface area (Å²) in [5.41, 5.74) is 0.843. The van der Waals surface area contributed by atoms with Gasteiger partial charge in [-0.2, -0.15) is 10.2 Å². The predicted octanol–water partition coefficient (Wildman–Crippen LogP) is 3.17. The fourth-order valence-electron chi connectivity index (χ4n) is 3.68. The van der Waals surface area contributed by atoms with Crippen LogP contribution >= 0.6 is 0 Å². The summed E-state index contributed by atoms with van der Waals surface area (Å²) >= 11 is 0. The molecule has 10 nitrogen and oxygen atoms in total. The molecule has 3 rings (SSSR count). The summed E-state index contributed by atoms with van der Waals surface area (Å²) in [7, 11) is 0. The van der Waals surface area contributed by atoms with Crippen molar-refractivity contribution in [2.75, 3.05) is 24.6 Å². The van der Waals surface area contributed by atoms with Crippen molar-refractivity contribution < 1.29 is 19.5 Å². The number of carbonyl (C=O) groups is 3. The van der Waals surface area contributed by atoms with Crippen LogP contribution in [-0.4, -0.2) is 62.5 Å². The molecule has 0 saturated heterocycles. The van der Waals surface area contributed by atoms with E-state index in [1.807, 2.05) is 19.9 Å². The molecule has 1 aromatic carbocycles. The summed E-state index contributed by atoms with van der Waals surface area (Å²) < 4.78 is 0. The van der Waals surface area contributed by atoms with Crippen LogP contribution < -0.4 is 5.01 Å². The lowest BCUT2D eigenvalue weighted by Crippen LogP contribution is -2.48. The highest BCUT2D eigenvalue weighted by Crippen LogP contribution is 2.23. The molecule has 2 aromatic rings. The maximum atomic E-state index is 12.4. The topological polar surface area (TPSA) is 131 Å². The molecule has 10 heteroatoms. The summed E-state index contributed by atoms with van der Waals surface area (Å²) in [6.07, 6.45) is 2.01.